The van der Waals surface area contributed by atoms with Crippen LogP contribution in [0.4, 0.5) is 5.82 Å². The molecule has 0 aromatic carbocycles. The number of anilines is 1. The number of hydrogen-bond donors (Lipinski definition) is 0. The van der Waals surface area contributed by atoms with Gasteiger partial charge in [-0.25, -0.2) is 15.0 Å². The van der Waals surface area contributed by atoms with E-state index in [-0.39, 0.29) is 5.56 Å². The number of hydrogen-bond acceptors (Lipinski definition) is 6. The molecule has 0 atom stereocenters. The maximum absolute atomic E-state index is 12.3. The third-order valence-electron chi connectivity index (χ3n) is 4.78. The third-order valence-corrected chi connectivity index (χ3v) is 4.78. The van der Waals surface area contributed by atoms with Crippen LogP contribution in [0.2, 0.25) is 0 Å². The van der Waals surface area contributed by atoms with Gasteiger partial charge in [-0.05, 0) is 31.5 Å². The van der Waals surface area contributed by atoms with Crippen LogP contribution in [0.1, 0.15) is 17.1 Å². The van der Waals surface area contributed by atoms with Crippen LogP contribution in [-0.2, 0) is 6.54 Å². The summed E-state index contributed by atoms with van der Waals surface area (Å²) in [7, 11) is 0. The minimum Gasteiger partial charge on any atom is -0.354 e. The molecule has 134 valence electrons. The minimum atomic E-state index is -0.0243. The highest BCUT2D eigenvalue weighted by molar-refractivity contribution is 5.46. The topological polar surface area (TPSA) is 66.6 Å². The van der Waals surface area contributed by atoms with E-state index in [1.165, 1.54) is 0 Å². The van der Waals surface area contributed by atoms with Crippen molar-refractivity contribution < 1.29 is 0 Å². The van der Waals surface area contributed by atoms with Crippen molar-refractivity contribution in [3.05, 3.63) is 64.1 Å². The van der Waals surface area contributed by atoms with Gasteiger partial charge < -0.3 is 4.90 Å². The Balaban J connectivity index is 1.47. The molecule has 0 amide bonds. The van der Waals surface area contributed by atoms with Crippen molar-refractivity contribution in [1.82, 2.24) is 24.3 Å². The lowest BCUT2D eigenvalue weighted by atomic mass is 10.2. The molecule has 1 saturated heterocycles. The quantitative estimate of drug-likeness (QED) is 0.712. The average molecular weight is 350 g/mol. The van der Waals surface area contributed by atoms with Crippen LogP contribution in [0.5, 0.6) is 0 Å². The van der Waals surface area contributed by atoms with Crippen LogP contribution in [0.25, 0.3) is 5.65 Å². The first-order chi connectivity index (χ1) is 12.6. The van der Waals surface area contributed by atoms with E-state index in [9.17, 15) is 4.79 Å². The molecule has 1 aliphatic rings. The lowest BCUT2D eigenvalue weighted by Gasteiger charge is -2.35. The molecule has 0 saturated carbocycles. The van der Waals surface area contributed by atoms with Crippen molar-refractivity contribution in [2.24, 2.45) is 0 Å². The summed E-state index contributed by atoms with van der Waals surface area (Å²) in [6.45, 7) is 8.22. The van der Waals surface area contributed by atoms with E-state index in [0.29, 0.717) is 6.54 Å². The molecule has 3 aromatic rings. The fourth-order valence-corrected chi connectivity index (χ4v) is 3.37. The zero-order valence-electron chi connectivity index (χ0n) is 15.1. The monoisotopic (exact) mass is 350 g/mol. The summed E-state index contributed by atoms with van der Waals surface area (Å²) in [4.78, 5) is 30.3. The Morgan fingerprint density at radius 1 is 1.08 bits per heavy atom. The maximum atomic E-state index is 12.3. The van der Waals surface area contributed by atoms with E-state index >= 15 is 0 Å². The van der Waals surface area contributed by atoms with Crippen molar-refractivity contribution in [3.8, 4) is 0 Å². The fourth-order valence-electron chi connectivity index (χ4n) is 3.37. The summed E-state index contributed by atoms with van der Waals surface area (Å²) >= 11 is 0. The molecule has 3 aromatic heterocycles. The first kappa shape index (κ1) is 16.7. The lowest BCUT2D eigenvalue weighted by Crippen LogP contribution is -2.46. The Morgan fingerprint density at radius 3 is 2.65 bits per heavy atom. The Kier molecular flexibility index (Phi) is 4.38. The number of aromatic nitrogens is 4. The van der Waals surface area contributed by atoms with Gasteiger partial charge in [-0.15, -0.1) is 0 Å². The van der Waals surface area contributed by atoms with Crippen molar-refractivity contribution in [1.29, 1.82) is 0 Å². The van der Waals surface area contributed by atoms with Crippen molar-refractivity contribution >= 4 is 11.5 Å². The van der Waals surface area contributed by atoms with Gasteiger partial charge in [0, 0.05) is 51.2 Å². The van der Waals surface area contributed by atoms with Crippen LogP contribution in [0, 0.1) is 13.8 Å². The Hall–Kier alpha value is -2.80. The van der Waals surface area contributed by atoms with Crippen molar-refractivity contribution in [3.63, 3.8) is 0 Å². The zero-order chi connectivity index (χ0) is 18.1. The van der Waals surface area contributed by atoms with Gasteiger partial charge in [-0.1, -0.05) is 6.07 Å². The molecule has 1 fully saturated rings. The van der Waals surface area contributed by atoms with E-state index in [1.807, 2.05) is 32.0 Å². The molecule has 0 unspecified atom stereocenters. The first-order valence-electron chi connectivity index (χ1n) is 8.85. The predicted molar refractivity (Wildman–Crippen MR) is 100 cm³/mol. The van der Waals surface area contributed by atoms with Crippen LogP contribution < -0.4 is 10.5 Å². The van der Waals surface area contributed by atoms with Gasteiger partial charge in [0.2, 0.25) is 0 Å². The number of nitrogens with zero attached hydrogens (tertiary/aromatic N) is 6. The van der Waals surface area contributed by atoms with E-state index in [1.54, 1.807) is 22.9 Å². The number of pyridine rings is 1. The zero-order valence-corrected chi connectivity index (χ0v) is 15.1. The van der Waals surface area contributed by atoms with Crippen LogP contribution in [-0.4, -0.2) is 50.4 Å². The van der Waals surface area contributed by atoms with Crippen LogP contribution in [0.3, 0.4) is 0 Å². The maximum Gasteiger partial charge on any atom is 0.258 e. The number of fused-ring (bicyclic) bond motifs is 1. The van der Waals surface area contributed by atoms with Gasteiger partial charge in [-0.2, -0.15) is 0 Å². The van der Waals surface area contributed by atoms with Gasteiger partial charge in [0.1, 0.15) is 17.3 Å². The molecule has 7 nitrogen and oxygen atoms in total. The SMILES string of the molecule is Cc1nccc(N2CCN(Cc3cc(=O)n4cccc(C)c4n3)CC2)n1. The second kappa shape index (κ2) is 6.84. The molecule has 4 heterocycles. The van der Waals surface area contributed by atoms with E-state index < -0.39 is 0 Å². The minimum absolute atomic E-state index is 0.0243. The molecular weight excluding hydrogens is 328 g/mol. The Morgan fingerprint density at radius 2 is 1.88 bits per heavy atom. The van der Waals surface area contributed by atoms with Crippen molar-refractivity contribution in [2.75, 3.05) is 31.1 Å². The standard InChI is InChI=1S/C19H22N6O/c1-14-4-3-7-25-18(26)12-16(22-19(14)25)13-23-8-10-24(11-9-23)17-5-6-20-15(2)21-17/h3-7,12H,8-11,13H2,1-2H3. The molecule has 1 aliphatic heterocycles. The summed E-state index contributed by atoms with van der Waals surface area (Å²) in [5.74, 6) is 1.77. The largest absolute Gasteiger partial charge is 0.354 e. The normalized spacial score (nSPS) is 15.5. The second-order valence-corrected chi connectivity index (χ2v) is 6.70. The fraction of sp³-hybridized carbons (Fsp3) is 0.368. The third kappa shape index (κ3) is 3.30. The summed E-state index contributed by atoms with van der Waals surface area (Å²) in [6, 6.07) is 7.46. The summed E-state index contributed by atoms with van der Waals surface area (Å²) in [6.07, 6.45) is 3.57. The number of rotatable bonds is 3. The molecule has 4 rings (SSSR count). The first-order valence-corrected chi connectivity index (χ1v) is 8.85. The highest BCUT2D eigenvalue weighted by Crippen LogP contribution is 2.14. The van der Waals surface area contributed by atoms with E-state index in [2.05, 4.69) is 19.8 Å². The van der Waals surface area contributed by atoms with Crippen LogP contribution in [0.15, 0.2) is 41.5 Å². The smallest absolute Gasteiger partial charge is 0.258 e. The molecular formula is C19H22N6O. The molecule has 0 N–H and O–H groups in total. The molecule has 7 heteroatoms. The highest BCUT2D eigenvalue weighted by Gasteiger charge is 2.19. The Labute approximate surface area is 152 Å². The van der Waals surface area contributed by atoms with Gasteiger partial charge in [0.25, 0.3) is 5.56 Å². The number of piperazine rings is 1. The van der Waals surface area contributed by atoms with E-state index in [4.69, 9.17) is 4.98 Å². The molecule has 26 heavy (non-hydrogen) atoms. The van der Waals surface area contributed by atoms with Gasteiger partial charge in [-0.3, -0.25) is 14.1 Å². The van der Waals surface area contributed by atoms with Crippen molar-refractivity contribution in [2.45, 2.75) is 20.4 Å². The molecule has 0 aliphatic carbocycles. The van der Waals surface area contributed by atoms with E-state index in [0.717, 1.165) is 54.7 Å². The van der Waals surface area contributed by atoms with Gasteiger partial charge in [0.05, 0.1) is 5.69 Å². The summed E-state index contributed by atoms with van der Waals surface area (Å²) < 4.78 is 1.61. The number of aryl methyl sites for hydroxylation is 2. The lowest BCUT2D eigenvalue weighted by molar-refractivity contribution is 0.246. The van der Waals surface area contributed by atoms with Crippen LogP contribution >= 0.6 is 0 Å². The van der Waals surface area contributed by atoms with Gasteiger partial charge in [0.15, 0.2) is 0 Å². The second-order valence-electron chi connectivity index (χ2n) is 6.70. The summed E-state index contributed by atoms with van der Waals surface area (Å²) in [5.41, 5.74) is 2.56. The molecule has 0 spiro atoms. The predicted octanol–water partition coefficient (Wildman–Crippen LogP) is 1.42. The van der Waals surface area contributed by atoms with Gasteiger partial charge >= 0.3 is 0 Å². The molecule has 0 radical (unpaired) electrons. The molecule has 0 bridgehead atoms. The summed E-state index contributed by atoms with van der Waals surface area (Å²) in [5, 5.41) is 0. The average Bonchev–Trinajstić information content (AvgIpc) is 2.63. The highest BCUT2D eigenvalue weighted by atomic mass is 16.1. The Bertz CT molecular complexity index is 991.